The zero-order valence-electron chi connectivity index (χ0n) is 7.70. The van der Waals surface area contributed by atoms with E-state index in [4.69, 9.17) is 0 Å². The summed E-state index contributed by atoms with van der Waals surface area (Å²) in [6.45, 7) is 4.85. The Bertz CT molecular complexity index is 230. The van der Waals surface area contributed by atoms with Gasteiger partial charge in [-0.1, -0.05) is 13.3 Å². The molecule has 3 heteroatoms. The molecule has 68 valence electrons. The maximum atomic E-state index is 9.31. The van der Waals surface area contributed by atoms with Gasteiger partial charge in [-0.3, -0.25) is 0 Å². The highest BCUT2D eigenvalue weighted by Crippen LogP contribution is 2.09. The first-order valence-electron chi connectivity index (χ1n) is 4.44. The fraction of sp³-hybridized carbons (Fsp3) is 0.667. The number of aliphatic hydroxyl groups is 1. The van der Waals surface area contributed by atoms with Crippen molar-refractivity contribution in [3.05, 3.63) is 18.2 Å². The third kappa shape index (κ3) is 2.08. The van der Waals surface area contributed by atoms with E-state index in [2.05, 4.69) is 11.9 Å². The lowest BCUT2D eigenvalue weighted by Gasteiger charge is -2.08. The van der Waals surface area contributed by atoms with Crippen molar-refractivity contribution in [3.8, 4) is 0 Å². The molecule has 0 saturated carbocycles. The molecule has 1 N–H and O–H groups in total. The third-order valence-electron chi connectivity index (χ3n) is 1.87. The third-order valence-corrected chi connectivity index (χ3v) is 1.87. The molecule has 0 aliphatic carbocycles. The summed E-state index contributed by atoms with van der Waals surface area (Å²) in [4.78, 5) is 4.08. The summed E-state index contributed by atoms with van der Waals surface area (Å²) in [6, 6.07) is 0. The summed E-state index contributed by atoms with van der Waals surface area (Å²) >= 11 is 0. The second-order valence-corrected chi connectivity index (χ2v) is 3.01. The maximum absolute atomic E-state index is 9.31. The van der Waals surface area contributed by atoms with Crippen LogP contribution in [0.3, 0.4) is 0 Å². The zero-order chi connectivity index (χ0) is 8.97. The molecule has 0 aliphatic rings. The lowest BCUT2D eigenvalue weighted by Crippen LogP contribution is -2.05. The van der Waals surface area contributed by atoms with E-state index < -0.39 is 6.10 Å². The van der Waals surface area contributed by atoms with Crippen LogP contribution >= 0.6 is 0 Å². The van der Waals surface area contributed by atoms with Crippen LogP contribution in [-0.2, 0) is 6.54 Å². The Morgan fingerprint density at radius 3 is 3.00 bits per heavy atom. The minimum atomic E-state index is -0.461. The number of imidazole rings is 1. The van der Waals surface area contributed by atoms with Crippen molar-refractivity contribution in [2.24, 2.45) is 0 Å². The van der Waals surface area contributed by atoms with Crippen molar-refractivity contribution in [1.29, 1.82) is 0 Å². The van der Waals surface area contributed by atoms with Gasteiger partial charge < -0.3 is 9.67 Å². The van der Waals surface area contributed by atoms with Gasteiger partial charge in [-0.05, 0) is 13.3 Å². The molecule has 0 spiro atoms. The molecule has 12 heavy (non-hydrogen) atoms. The molecule has 0 bridgehead atoms. The van der Waals surface area contributed by atoms with E-state index in [9.17, 15) is 5.11 Å². The number of aliphatic hydroxyl groups excluding tert-OH is 1. The summed E-state index contributed by atoms with van der Waals surface area (Å²) in [5.41, 5.74) is 0. The predicted molar refractivity (Wildman–Crippen MR) is 47.8 cm³/mol. The van der Waals surface area contributed by atoms with Crippen LogP contribution in [0.4, 0.5) is 0 Å². The largest absolute Gasteiger partial charge is 0.385 e. The smallest absolute Gasteiger partial charge is 0.137 e. The quantitative estimate of drug-likeness (QED) is 0.743. The number of unbranched alkanes of at least 4 members (excludes halogenated alkanes) is 1. The zero-order valence-corrected chi connectivity index (χ0v) is 7.70. The second-order valence-electron chi connectivity index (χ2n) is 3.01. The van der Waals surface area contributed by atoms with Crippen molar-refractivity contribution in [2.45, 2.75) is 39.3 Å². The average Bonchev–Trinajstić information content (AvgIpc) is 2.48. The molecule has 0 amide bonds. The van der Waals surface area contributed by atoms with Crippen molar-refractivity contribution < 1.29 is 5.11 Å². The van der Waals surface area contributed by atoms with Crippen molar-refractivity contribution in [3.63, 3.8) is 0 Å². The molecular weight excluding hydrogens is 152 g/mol. The lowest BCUT2D eigenvalue weighted by molar-refractivity contribution is 0.183. The van der Waals surface area contributed by atoms with E-state index in [0.717, 1.165) is 25.2 Å². The predicted octanol–water partition coefficient (Wildman–Crippen LogP) is 1.74. The summed E-state index contributed by atoms with van der Waals surface area (Å²) in [7, 11) is 0. The number of rotatable bonds is 4. The Kier molecular flexibility index (Phi) is 3.29. The van der Waals surface area contributed by atoms with Gasteiger partial charge in [0.25, 0.3) is 0 Å². The van der Waals surface area contributed by atoms with Gasteiger partial charge in [0.1, 0.15) is 11.9 Å². The fourth-order valence-electron chi connectivity index (χ4n) is 1.21. The summed E-state index contributed by atoms with van der Waals surface area (Å²) in [6.07, 6.45) is 5.49. The Morgan fingerprint density at radius 1 is 1.67 bits per heavy atom. The Labute approximate surface area is 73.1 Å². The number of hydrogen-bond acceptors (Lipinski definition) is 2. The highest BCUT2D eigenvalue weighted by atomic mass is 16.3. The van der Waals surface area contributed by atoms with Gasteiger partial charge in [0.15, 0.2) is 0 Å². The number of hydrogen-bond donors (Lipinski definition) is 1. The van der Waals surface area contributed by atoms with Gasteiger partial charge in [-0.15, -0.1) is 0 Å². The van der Waals surface area contributed by atoms with E-state index in [-0.39, 0.29) is 0 Å². The SMILES string of the molecule is CCCCn1ccnc1C(C)O. The molecule has 1 rings (SSSR count). The summed E-state index contributed by atoms with van der Waals surface area (Å²) in [5, 5.41) is 9.31. The van der Waals surface area contributed by atoms with E-state index in [1.165, 1.54) is 0 Å². The van der Waals surface area contributed by atoms with Crippen LogP contribution in [0.15, 0.2) is 12.4 Å². The van der Waals surface area contributed by atoms with E-state index in [1.807, 2.05) is 10.8 Å². The van der Waals surface area contributed by atoms with E-state index >= 15 is 0 Å². The second kappa shape index (κ2) is 4.26. The van der Waals surface area contributed by atoms with Crippen molar-refractivity contribution >= 4 is 0 Å². The highest BCUT2D eigenvalue weighted by molar-refractivity contribution is 4.94. The van der Waals surface area contributed by atoms with Gasteiger partial charge in [0.2, 0.25) is 0 Å². The van der Waals surface area contributed by atoms with Crippen molar-refractivity contribution in [2.75, 3.05) is 0 Å². The minimum absolute atomic E-state index is 0.461. The molecule has 3 nitrogen and oxygen atoms in total. The van der Waals surface area contributed by atoms with Crippen LogP contribution in [0.25, 0.3) is 0 Å². The molecule has 0 aliphatic heterocycles. The van der Waals surface area contributed by atoms with Gasteiger partial charge in [0.05, 0.1) is 0 Å². The van der Waals surface area contributed by atoms with Crippen molar-refractivity contribution in [1.82, 2.24) is 9.55 Å². The monoisotopic (exact) mass is 168 g/mol. The summed E-state index contributed by atoms with van der Waals surface area (Å²) in [5.74, 6) is 0.767. The van der Waals surface area contributed by atoms with Gasteiger partial charge in [0, 0.05) is 18.9 Å². The van der Waals surface area contributed by atoms with E-state index in [1.54, 1.807) is 13.1 Å². The minimum Gasteiger partial charge on any atom is -0.385 e. The molecule has 0 radical (unpaired) electrons. The first-order valence-corrected chi connectivity index (χ1v) is 4.44. The van der Waals surface area contributed by atoms with Crippen LogP contribution < -0.4 is 0 Å². The Balaban J connectivity index is 2.64. The molecular formula is C9H16N2O. The highest BCUT2D eigenvalue weighted by Gasteiger charge is 2.06. The fourth-order valence-corrected chi connectivity index (χ4v) is 1.21. The average molecular weight is 168 g/mol. The van der Waals surface area contributed by atoms with Crippen LogP contribution in [0.2, 0.25) is 0 Å². The number of nitrogens with zero attached hydrogens (tertiary/aromatic N) is 2. The molecule has 1 aromatic rings. The number of aromatic nitrogens is 2. The molecule has 1 aromatic heterocycles. The number of aryl methyl sites for hydroxylation is 1. The Hall–Kier alpha value is -0.830. The molecule has 0 fully saturated rings. The lowest BCUT2D eigenvalue weighted by atomic mass is 10.3. The molecule has 1 unspecified atom stereocenters. The van der Waals surface area contributed by atoms with Gasteiger partial charge >= 0.3 is 0 Å². The first kappa shape index (κ1) is 9.26. The maximum Gasteiger partial charge on any atom is 0.137 e. The van der Waals surface area contributed by atoms with Crippen LogP contribution in [0.5, 0.6) is 0 Å². The molecule has 1 atom stereocenters. The van der Waals surface area contributed by atoms with Crippen LogP contribution in [0, 0.1) is 0 Å². The Morgan fingerprint density at radius 2 is 2.42 bits per heavy atom. The molecule has 1 heterocycles. The first-order chi connectivity index (χ1) is 5.75. The van der Waals surface area contributed by atoms with Gasteiger partial charge in [-0.25, -0.2) is 4.98 Å². The van der Waals surface area contributed by atoms with Crippen LogP contribution in [0.1, 0.15) is 38.6 Å². The molecule has 0 saturated heterocycles. The normalized spacial score (nSPS) is 13.2. The standard InChI is InChI=1S/C9H16N2O/c1-3-4-6-11-7-5-10-9(11)8(2)12/h5,7-8,12H,3-4,6H2,1-2H3. The van der Waals surface area contributed by atoms with Crippen LogP contribution in [-0.4, -0.2) is 14.7 Å². The summed E-state index contributed by atoms with van der Waals surface area (Å²) < 4.78 is 2.01. The topological polar surface area (TPSA) is 38.0 Å². The van der Waals surface area contributed by atoms with Gasteiger partial charge in [-0.2, -0.15) is 0 Å². The molecule has 0 aromatic carbocycles. The van der Waals surface area contributed by atoms with E-state index in [0.29, 0.717) is 0 Å².